The number of primary amides is 1. The number of carbonyl (C=O) groups is 5. The molecule has 0 aromatic carbocycles. The number of fused-ring (bicyclic) bond motifs is 3. The summed E-state index contributed by atoms with van der Waals surface area (Å²) in [5, 5.41) is 0. The summed E-state index contributed by atoms with van der Waals surface area (Å²) in [6, 6.07) is -0.600. The van der Waals surface area contributed by atoms with Gasteiger partial charge in [-0.15, -0.1) is 0 Å². The average Bonchev–Trinajstić information content (AvgIpc) is 3.74. The van der Waals surface area contributed by atoms with Crippen LogP contribution in [0.5, 0.6) is 0 Å². The van der Waals surface area contributed by atoms with Crippen LogP contribution in [0.1, 0.15) is 119 Å². The predicted molar refractivity (Wildman–Crippen MR) is 152 cm³/mol. The molecule has 4 saturated carbocycles. The second-order valence-electron chi connectivity index (χ2n) is 16.5. The first-order chi connectivity index (χ1) is 18.5. The number of carbonyl (C=O) groups excluding carboxylic acids is 5. The Hall–Kier alpha value is -2.05. The van der Waals surface area contributed by atoms with Crippen molar-refractivity contribution in [2.24, 2.45) is 50.6 Å². The molecule has 2 N–H and O–H groups in total. The number of nitrogens with two attached hydrogens (primary N) is 1. The van der Waals surface area contributed by atoms with Gasteiger partial charge < -0.3 is 10.6 Å². The number of hydrogen-bond acceptors (Lipinski definition) is 5. The average molecular weight is 555 g/mol. The van der Waals surface area contributed by atoms with E-state index in [-0.39, 0.29) is 52.0 Å². The van der Waals surface area contributed by atoms with E-state index in [1.807, 2.05) is 46.4 Å². The Bertz CT molecular complexity index is 1090. The van der Waals surface area contributed by atoms with Crippen molar-refractivity contribution in [3.05, 3.63) is 0 Å². The van der Waals surface area contributed by atoms with Crippen molar-refractivity contribution in [1.82, 2.24) is 4.90 Å². The highest BCUT2D eigenvalue weighted by molar-refractivity contribution is 6.36. The van der Waals surface area contributed by atoms with E-state index in [1.165, 1.54) is 25.7 Å². The van der Waals surface area contributed by atoms with Crippen LogP contribution in [-0.4, -0.2) is 46.7 Å². The summed E-state index contributed by atoms with van der Waals surface area (Å²) in [6.45, 7) is 12.7. The van der Waals surface area contributed by atoms with E-state index in [1.54, 1.807) is 0 Å². The van der Waals surface area contributed by atoms with Gasteiger partial charge in [0.15, 0.2) is 5.78 Å². The molecule has 1 unspecified atom stereocenters. The third-order valence-corrected chi connectivity index (χ3v) is 11.6. The van der Waals surface area contributed by atoms with Crippen molar-refractivity contribution in [2.75, 3.05) is 6.54 Å². The van der Waals surface area contributed by atoms with Gasteiger partial charge in [0, 0.05) is 43.1 Å². The second kappa shape index (κ2) is 9.49. The fourth-order valence-corrected chi connectivity index (χ4v) is 9.15. The normalized spacial score (nSPS) is 26.9. The Morgan fingerprint density at radius 3 is 1.88 bits per heavy atom. The van der Waals surface area contributed by atoms with Crippen molar-refractivity contribution in [3.63, 3.8) is 0 Å². The Balaban J connectivity index is 1.40. The number of rotatable bonds is 11. The van der Waals surface area contributed by atoms with Gasteiger partial charge in [-0.05, 0) is 66.1 Å². The standard InChI is InChI=1S/C33H50N2O5/c1-29(2,3)17-22(36)16-23(30(4,5)6)28(40)35-19-33(31(10-11-31)32(33)12-13-32)18-24(35)25(37)15-21(26(38)27(34)39)14-20-8-7-9-20/h20-21,23-24H,7-19H2,1-6H3,(H2,34,39)/t21?,23-,24+/m1/s1. The monoisotopic (exact) mass is 554 g/mol. The molecule has 7 nitrogen and oxygen atoms in total. The van der Waals surface area contributed by atoms with Crippen LogP contribution in [-0.2, 0) is 24.0 Å². The topological polar surface area (TPSA) is 115 Å². The van der Waals surface area contributed by atoms with Crippen LogP contribution in [0.25, 0.3) is 0 Å². The number of amides is 2. The fourth-order valence-electron chi connectivity index (χ4n) is 9.15. The smallest absolute Gasteiger partial charge is 0.285 e. The summed E-state index contributed by atoms with van der Waals surface area (Å²) in [7, 11) is 0. The number of nitrogens with zero attached hydrogens (tertiary/aromatic N) is 1. The quantitative estimate of drug-likeness (QED) is 0.360. The van der Waals surface area contributed by atoms with Gasteiger partial charge in [-0.1, -0.05) is 60.8 Å². The summed E-state index contributed by atoms with van der Waals surface area (Å²) >= 11 is 0. The van der Waals surface area contributed by atoms with E-state index in [9.17, 15) is 24.0 Å². The SMILES string of the molecule is CC(C)(C)CC(=O)C[C@H](C(=O)N1CC2(C[C@H]1C(=O)CC(CC1CCC1)C(=O)C(N)=O)C1(CC1)C21CC1)C(C)(C)C. The summed E-state index contributed by atoms with van der Waals surface area (Å²) in [5.41, 5.74) is 5.34. The lowest BCUT2D eigenvalue weighted by atomic mass is 9.75. The highest BCUT2D eigenvalue weighted by Gasteiger charge is 2.96. The maximum absolute atomic E-state index is 14.4. The minimum absolute atomic E-state index is 0.00892. The van der Waals surface area contributed by atoms with Crippen LogP contribution in [0.15, 0.2) is 0 Å². The molecule has 4 aliphatic carbocycles. The van der Waals surface area contributed by atoms with Crippen LogP contribution in [0.4, 0.5) is 0 Å². The lowest BCUT2D eigenvalue weighted by molar-refractivity contribution is -0.147. The predicted octanol–water partition coefficient (Wildman–Crippen LogP) is 5.03. The molecule has 222 valence electrons. The summed E-state index contributed by atoms with van der Waals surface area (Å²) in [4.78, 5) is 68.1. The molecule has 5 fully saturated rings. The second-order valence-corrected chi connectivity index (χ2v) is 16.5. The van der Waals surface area contributed by atoms with Gasteiger partial charge >= 0.3 is 0 Å². The molecule has 1 saturated heterocycles. The zero-order chi connectivity index (χ0) is 29.5. The third kappa shape index (κ3) is 4.77. The molecule has 2 amide bonds. The van der Waals surface area contributed by atoms with Crippen LogP contribution >= 0.6 is 0 Å². The van der Waals surface area contributed by atoms with Gasteiger partial charge in [0.1, 0.15) is 5.78 Å². The van der Waals surface area contributed by atoms with E-state index in [2.05, 4.69) is 0 Å². The summed E-state index contributed by atoms with van der Waals surface area (Å²) in [5.74, 6) is -2.65. The van der Waals surface area contributed by atoms with Crippen LogP contribution in [0, 0.1) is 44.8 Å². The number of ketones is 3. The van der Waals surface area contributed by atoms with Crippen LogP contribution in [0.3, 0.4) is 0 Å². The van der Waals surface area contributed by atoms with E-state index in [4.69, 9.17) is 5.73 Å². The highest BCUT2D eigenvalue weighted by atomic mass is 16.2. The minimum Gasteiger partial charge on any atom is -0.363 e. The first-order valence-electron chi connectivity index (χ1n) is 15.7. The molecule has 0 radical (unpaired) electrons. The van der Waals surface area contributed by atoms with Crippen molar-refractivity contribution < 1.29 is 24.0 Å². The third-order valence-electron chi connectivity index (χ3n) is 11.6. The Morgan fingerprint density at radius 1 is 0.875 bits per heavy atom. The molecular weight excluding hydrogens is 504 g/mol. The molecule has 0 bridgehead atoms. The molecule has 40 heavy (non-hydrogen) atoms. The molecule has 1 aliphatic heterocycles. The van der Waals surface area contributed by atoms with E-state index in [0.29, 0.717) is 31.7 Å². The molecule has 1 heterocycles. The van der Waals surface area contributed by atoms with E-state index < -0.39 is 35.0 Å². The Morgan fingerprint density at radius 2 is 1.45 bits per heavy atom. The molecule has 3 atom stereocenters. The number of Topliss-reactive ketones (excluding diaryl/α,β-unsaturated/α-hetero) is 3. The maximum Gasteiger partial charge on any atom is 0.285 e. The van der Waals surface area contributed by atoms with E-state index in [0.717, 1.165) is 19.3 Å². The molecule has 3 spiro atoms. The zero-order valence-electron chi connectivity index (χ0n) is 25.6. The van der Waals surface area contributed by atoms with Gasteiger partial charge in [0.05, 0.1) is 6.04 Å². The molecule has 0 aromatic heterocycles. The van der Waals surface area contributed by atoms with Crippen molar-refractivity contribution in [3.8, 4) is 0 Å². The summed E-state index contributed by atoms with van der Waals surface area (Å²) in [6.07, 6.45) is 9.53. The Labute approximate surface area is 239 Å². The van der Waals surface area contributed by atoms with Crippen LogP contribution < -0.4 is 5.73 Å². The van der Waals surface area contributed by atoms with Crippen molar-refractivity contribution >= 4 is 29.2 Å². The fraction of sp³-hybridized carbons (Fsp3) is 0.848. The van der Waals surface area contributed by atoms with E-state index >= 15 is 0 Å². The lowest BCUT2D eigenvalue weighted by Crippen LogP contribution is -2.48. The van der Waals surface area contributed by atoms with Gasteiger partial charge in [0.25, 0.3) is 5.91 Å². The van der Waals surface area contributed by atoms with Gasteiger partial charge in [-0.2, -0.15) is 0 Å². The summed E-state index contributed by atoms with van der Waals surface area (Å²) < 4.78 is 0. The zero-order valence-corrected chi connectivity index (χ0v) is 25.6. The molecule has 5 aliphatic rings. The maximum atomic E-state index is 14.4. The van der Waals surface area contributed by atoms with Crippen molar-refractivity contribution in [1.29, 1.82) is 0 Å². The van der Waals surface area contributed by atoms with Gasteiger partial charge in [-0.25, -0.2) is 0 Å². The minimum atomic E-state index is -0.978. The first-order valence-corrected chi connectivity index (χ1v) is 15.7. The first kappa shape index (κ1) is 29.4. The van der Waals surface area contributed by atoms with Crippen molar-refractivity contribution in [2.45, 2.75) is 125 Å². The van der Waals surface area contributed by atoms with Gasteiger partial charge in [0.2, 0.25) is 11.7 Å². The number of hydrogen-bond donors (Lipinski definition) is 1. The lowest BCUT2D eigenvalue weighted by Gasteiger charge is -2.35. The highest BCUT2D eigenvalue weighted by Crippen LogP contribution is 3.00. The molecular formula is C33H50N2O5. The molecule has 7 heteroatoms. The molecule has 0 aromatic rings. The van der Waals surface area contributed by atoms with Crippen LogP contribution in [0.2, 0.25) is 0 Å². The largest absolute Gasteiger partial charge is 0.363 e. The Kier molecular flexibility index (Phi) is 6.98. The molecule has 5 rings (SSSR count). The van der Waals surface area contributed by atoms with Gasteiger partial charge in [-0.3, -0.25) is 24.0 Å². The number of likely N-dealkylation sites (tertiary alicyclic amines) is 1.